The van der Waals surface area contributed by atoms with E-state index >= 15 is 0 Å². The van der Waals surface area contributed by atoms with E-state index in [2.05, 4.69) is 34.5 Å². The summed E-state index contributed by atoms with van der Waals surface area (Å²) < 4.78 is 0. The molecule has 0 bridgehead atoms. The fraction of sp³-hybridized carbons (Fsp3) is 0.600. The number of nitrogens with zero attached hydrogens (tertiary/aromatic N) is 1. The lowest BCUT2D eigenvalue weighted by molar-refractivity contribution is 0.233. The molecule has 1 saturated heterocycles. The Kier molecular flexibility index (Phi) is 3.37. The minimum absolute atomic E-state index is 0.125. The van der Waals surface area contributed by atoms with Crippen LogP contribution < -0.4 is 11.1 Å². The first-order valence-corrected chi connectivity index (χ1v) is 7.03. The molecular formula is C15H23N3. The maximum atomic E-state index is 6.15. The van der Waals surface area contributed by atoms with Crippen LogP contribution in [0.5, 0.6) is 0 Å². The van der Waals surface area contributed by atoms with E-state index in [9.17, 15) is 0 Å². The Morgan fingerprint density at radius 2 is 1.67 bits per heavy atom. The third kappa shape index (κ3) is 3.10. The molecule has 1 aliphatic heterocycles. The minimum Gasteiger partial charge on any atom is -0.325 e. The molecule has 0 atom stereocenters. The van der Waals surface area contributed by atoms with Gasteiger partial charge in [-0.25, -0.2) is 0 Å². The van der Waals surface area contributed by atoms with E-state index in [-0.39, 0.29) is 5.54 Å². The molecule has 1 saturated carbocycles. The molecule has 98 valence electrons. The van der Waals surface area contributed by atoms with Gasteiger partial charge in [-0.3, -0.25) is 4.90 Å². The van der Waals surface area contributed by atoms with Crippen LogP contribution in [-0.2, 0) is 13.0 Å². The van der Waals surface area contributed by atoms with Crippen LogP contribution in [0, 0.1) is 0 Å². The second-order valence-electron chi connectivity index (χ2n) is 5.88. The average Bonchev–Trinajstić information content (AvgIpc) is 3.11. The van der Waals surface area contributed by atoms with Gasteiger partial charge in [-0.05, 0) is 30.4 Å². The molecule has 3 heteroatoms. The van der Waals surface area contributed by atoms with Gasteiger partial charge in [0.25, 0.3) is 0 Å². The number of hydrogen-bond donors (Lipinski definition) is 2. The monoisotopic (exact) mass is 245 g/mol. The molecule has 2 aliphatic rings. The summed E-state index contributed by atoms with van der Waals surface area (Å²) in [5.41, 5.74) is 9.08. The van der Waals surface area contributed by atoms with Crippen LogP contribution in [0.2, 0.25) is 0 Å². The summed E-state index contributed by atoms with van der Waals surface area (Å²) in [6, 6.07) is 9.04. The Hall–Kier alpha value is -0.900. The van der Waals surface area contributed by atoms with Crippen LogP contribution in [0.25, 0.3) is 0 Å². The fourth-order valence-corrected chi connectivity index (χ4v) is 2.63. The Morgan fingerprint density at radius 3 is 2.28 bits per heavy atom. The summed E-state index contributed by atoms with van der Waals surface area (Å²) in [5.74, 6) is 0. The van der Waals surface area contributed by atoms with Gasteiger partial charge >= 0.3 is 0 Å². The average molecular weight is 245 g/mol. The quantitative estimate of drug-likeness (QED) is 0.835. The zero-order valence-electron chi connectivity index (χ0n) is 11.0. The molecule has 3 N–H and O–H groups in total. The van der Waals surface area contributed by atoms with Crippen molar-refractivity contribution in [3.8, 4) is 0 Å². The summed E-state index contributed by atoms with van der Waals surface area (Å²) >= 11 is 0. The molecule has 18 heavy (non-hydrogen) atoms. The standard InChI is InChI=1S/C15H23N3/c16-15(5-6-15)11-13-1-3-14(4-2-13)12-18-9-7-17-8-10-18/h1-4,17H,5-12,16H2. The van der Waals surface area contributed by atoms with Crippen LogP contribution in [0.15, 0.2) is 24.3 Å². The van der Waals surface area contributed by atoms with Crippen LogP contribution in [0.4, 0.5) is 0 Å². The molecule has 0 unspecified atom stereocenters. The van der Waals surface area contributed by atoms with Gasteiger partial charge in [0.05, 0.1) is 0 Å². The highest BCUT2D eigenvalue weighted by molar-refractivity contribution is 5.25. The second-order valence-corrected chi connectivity index (χ2v) is 5.88. The van der Waals surface area contributed by atoms with Gasteiger partial charge in [0.2, 0.25) is 0 Å². The van der Waals surface area contributed by atoms with Crippen LogP contribution in [0.1, 0.15) is 24.0 Å². The van der Waals surface area contributed by atoms with Gasteiger partial charge in [-0.1, -0.05) is 24.3 Å². The lowest BCUT2D eigenvalue weighted by atomic mass is 10.0. The van der Waals surface area contributed by atoms with Crippen molar-refractivity contribution in [2.45, 2.75) is 31.3 Å². The first-order chi connectivity index (χ1) is 8.73. The number of nitrogens with two attached hydrogens (primary N) is 1. The minimum atomic E-state index is 0.125. The van der Waals surface area contributed by atoms with Crippen molar-refractivity contribution in [3.63, 3.8) is 0 Å². The van der Waals surface area contributed by atoms with Crippen molar-refractivity contribution in [3.05, 3.63) is 35.4 Å². The Balaban J connectivity index is 1.56. The summed E-state index contributed by atoms with van der Waals surface area (Å²) in [7, 11) is 0. The fourth-order valence-electron chi connectivity index (χ4n) is 2.63. The zero-order valence-corrected chi connectivity index (χ0v) is 11.0. The van der Waals surface area contributed by atoms with Crippen LogP contribution >= 0.6 is 0 Å². The van der Waals surface area contributed by atoms with E-state index in [0.29, 0.717) is 0 Å². The van der Waals surface area contributed by atoms with Crippen LogP contribution in [-0.4, -0.2) is 36.6 Å². The van der Waals surface area contributed by atoms with Gasteiger partial charge in [0, 0.05) is 38.3 Å². The van der Waals surface area contributed by atoms with E-state index in [4.69, 9.17) is 5.73 Å². The van der Waals surface area contributed by atoms with Gasteiger partial charge < -0.3 is 11.1 Å². The first kappa shape index (κ1) is 12.2. The molecule has 1 aliphatic carbocycles. The molecule has 2 fully saturated rings. The predicted octanol–water partition coefficient (Wildman–Crippen LogP) is 1.13. The summed E-state index contributed by atoms with van der Waals surface area (Å²) in [4.78, 5) is 2.51. The van der Waals surface area contributed by atoms with Crippen molar-refractivity contribution in [1.29, 1.82) is 0 Å². The molecule has 0 spiro atoms. The van der Waals surface area contributed by atoms with Crippen molar-refractivity contribution >= 4 is 0 Å². The highest BCUT2D eigenvalue weighted by Crippen LogP contribution is 2.35. The molecule has 3 nitrogen and oxygen atoms in total. The largest absolute Gasteiger partial charge is 0.325 e. The molecule has 0 aromatic heterocycles. The Morgan fingerprint density at radius 1 is 1.06 bits per heavy atom. The third-order valence-electron chi connectivity index (χ3n) is 4.09. The summed E-state index contributed by atoms with van der Waals surface area (Å²) in [6.07, 6.45) is 3.42. The van der Waals surface area contributed by atoms with Crippen molar-refractivity contribution in [2.75, 3.05) is 26.2 Å². The highest BCUT2D eigenvalue weighted by atomic mass is 15.2. The van der Waals surface area contributed by atoms with E-state index in [1.807, 2.05) is 0 Å². The summed E-state index contributed by atoms with van der Waals surface area (Å²) in [6.45, 7) is 5.64. The SMILES string of the molecule is NC1(Cc2ccc(CN3CCNCC3)cc2)CC1. The van der Waals surface area contributed by atoms with E-state index < -0.39 is 0 Å². The molecule has 1 aromatic carbocycles. The Labute approximate surface area is 109 Å². The number of hydrogen-bond acceptors (Lipinski definition) is 3. The van der Waals surface area contributed by atoms with Gasteiger partial charge in [-0.2, -0.15) is 0 Å². The normalized spacial score (nSPS) is 22.9. The lowest BCUT2D eigenvalue weighted by Crippen LogP contribution is -2.42. The van der Waals surface area contributed by atoms with Crippen molar-refractivity contribution in [2.24, 2.45) is 5.73 Å². The van der Waals surface area contributed by atoms with Crippen molar-refractivity contribution < 1.29 is 0 Å². The zero-order chi connectivity index (χ0) is 12.4. The number of nitrogens with one attached hydrogen (secondary N) is 1. The summed E-state index contributed by atoms with van der Waals surface area (Å²) in [5, 5.41) is 3.39. The molecule has 1 aromatic rings. The van der Waals surface area contributed by atoms with Gasteiger partial charge in [-0.15, -0.1) is 0 Å². The maximum absolute atomic E-state index is 6.15. The molecular weight excluding hydrogens is 222 g/mol. The van der Waals surface area contributed by atoms with Crippen LogP contribution in [0.3, 0.4) is 0 Å². The van der Waals surface area contributed by atoms with Crippen molar-refractivity contribution in [1.82, 2.24) is 10.2 Å². The second kappa shape index (κ2) is 5.00. The molecule has 0 amide bonds. The van der Waals surface area contributed by atoms with Gasteiger partial charge in [0.15, 0.2) is 0 Å². The molecule has 0 radical (unpaired) electrons. The first-order valence-electron chi connectivity index (χ1n) is 7.03. The van der Waals surface area contributed by atoms with E-state index in [1.54, 1.807) is 0 Å². The number of piperazine rings is 1. The topological polar surface area (TPSA) is 41.3 Å². The van der Waals surface area contributed by atoms with E-state index in [0.717, 1.165) is 39.1 Å². The smallest absolute Gasteiger partial charge is 0.0234 e. The van der Waals surface area contributed by atoms with E-state index in [1.165, 1.54) is 24.0 Å². The molecule has 3 rings (SSSR count). The third-order valence-corrected chi connectivity index (χ3v) is 4.09. The lowest BCUT2D eigenvalue weighted by Gasteiger charge is -2.27. The number of benzene rings is 1. The molecule has 1 heterocycles. The highest BCUT2D eigenvalue weighted by Gasteiger charge is 2.37. The van der Waals surface area contributed by atoms with Gasteiger partial charge in [0.1, 0.15) is 0 Å². The predicted molar refractivity (Wildman–Crippen MR) is 74.4 cm³/mol. The Bertz CT molecular complexity index is 389. The number of rotatable bonds is 4. The maximum Gasteiger partial charge on any atom is 0.0234 e.